The monoisotopic (exact) mass is 305 g/mol. The molecule has 120 valence electrons. The quantitative estimate of drug-likeness (QED) is 0.833. The molecule has 1 aliphatic heterocycles. The van der Waals surface area contributed by atoms with Crippen LogP contribution in [0.15, 0.2) is 15.1 Å². The third-order valence-corrected chi connectivity index (χ3v) is 4.12. The summed E-state index contributed by atoms with van der Waals surface area (Å²) >= 11 is 0. The molecule has 0 radical (unpaired) electrons. The van der Waals surface area contributed by atoms with Gasteiger partial charge in [-0.25, -0.2) is 0 Å². The van der Waals surface area contributed by atoms with E-state index in [1.165, 1.54) is 12.8 Å². The van der Waals surface area contributed by atoms with Gasteiger partial charge in [0.25, 0.3) is 0 Å². The van der Waals surface area contributed by atoms with Gasteiger partial charge in [-0.15, -0.1) is 0 Å². The van der Waals surface area contributed by atoms with Gasteiger partial charge < -0.3 is 9.05 Å². The van der Waals surface area contributed by atoms with Crippen molar-refractivity contribution in [2.45, 2.75) is 45.8 Å². The Bertz CT molecular complexity index is 568. The SMILES string of the molecule is Cc1cc(CN(C)[C@H]2CCCN(Cc3noc(C)n3)C2)on1. The van der Waals surface area contributed by atoms with Crippen LogP contribution in [0.1, 0.15) is 36.0 Å². The van der Waals surface area contributed by atoms with Crippen molar-refractivity contribution in [1.82, 2.24) is 25.1 Å². The summed E-state index contributed by atoms with van der Waals surface area (Å²) in [5, 5.41) is 7.93. The minimum absolute atomic E-state index is 0.507. The molecule has 1 saturated heterocycles. The summed E-state index contributed by atoms with van der Waals surface area (Å²) in [5.74, 6) is 2.32. The van der Waals surface area contributed by atoms with E-state index in [-0.39, 0.29) is 0 Å². The number of aromatic nitrogens is 3. The molecule has 0 amide bonds. The number of likely N-dealkylation sites (N-methyl/N-ethyl adjacent to an activating group) is 1. The van der Waals surface area contributed by atoms with Gasteiger partial charge in [-0.05, 0) is 33.4 Å². The van der Waals surface area contributed by atoms with Crippen molar-refractivity contribution in [3.63, 3.8) is 0 Å². The first kappa shape index (κ1) is 15.2. The lowest BCUT2D eigenvalue weighted by Crippen LogP contribution is -2.45. The number of nitrogens with zero attached hydrogens (tertiary/aromatic N) is 5. The van der Waals surface area contributed by atoms with Gasteiger partial charge in [-0.3, -0.25) is 9.80 Å². The average Bonchev–Trinajstić information content (AvgIpc) is 3.08. The Morgan fingerprint density at radius 1 is 1.32 bits per heavy atom. The average molecular weight is 305 g/mol. The van der Waals surface area contributed by atoms with Crippen LogP contribution in [0.3, 0.4) is 0 Å². The number of hydrogen-bond donors (Lipinski definition) is 0. The van der Waals surface area contributed by atoms with Crippen LogP contribution in [-0.4, -0.2) is 51.3 Å². The van der Waals surface area contributed by atoms with Crippen LogP contribution >= 0.6 is 0 Å². The normalized spacial score (nSPS) is 19.9. The fraction of sp³-hybridized carbons (Fsp3) is 0.667. The Morgan fingerprint density at radius 3 is 2.86 bits per heavy atom. The van der Waals surface area contributed by atoms with Crippen LogP contribution in [-0.2, 0) is 13.1 Å². The summed E-state index contributed by atoms with van der Waals surface area (Å²) in [6, 6.07) is 2.51. The Hall–Kier alpha value is -1.73. The van der Waals surface area contributed by atoms with E-state index in [0.717, 1.165) is 43.5 Å². The maximum Gasteiger partial charge on any atom is 0.223 e. The number of hydrogen-bond acceptors (Lipinski definition) is 7. The van der Waals surface area contributed by atoms with E-state index in [9.17, 15) is 0 Å². The lowest BCUT2D eigenvalue weighted by Gasteiger charge is -2.36. The van der Waals surface area contributed by atoms with Crippen molar-refractivity contribution in [3.8, 4) is 0 Å². The topological polar surface area (TPSA) is 71.4 Å². The molecule has 1 aliphatic rings. The third-order valence-electron chi connectivity index (χ3n) is 4.12. The first-order valence-corrected chi connectivity index (χ1v) is 7.74. The van der Waals surface area contributed by atoms with Crippen LogP contribution in [0.4, 0.5) is 0 Å². The standard InChI is InChI=1S/C15H23N5O2/c1-11-7-14(22-17-11)9-19(3)13-5-4-6-20(8-13)10-15-16-12(2)21-18-15/h7,13H,4-6,8-10H2,1-3H3/t13-/m0/s1. The van der Waals surface area contributed by atoms with E-state index in [1.807, 2.05) is 19.9 Å². The number of piperidine rings is 1. The zero-order valence-electron chi connectivity index (χ0n) is 13.4. The second kappa shape index (κ2) is 6.58. The zero-order valence-corrected chi connectivity index (χ0v) is 13.4. The molecule has 0 saturated carbocycles. The van der Waals surface area contributed by atoms with Crippen molar-refractivity contribution < 1.29 is 9.05 Å². The Kier molecular flexibility index (Phi) is 4.54. The van der Waals surface area contributed by atoms with Crippen LogP contribution < -0.4 is 0 Å². The number of likely N-dealkylation sites (tertiary alicyclic amines) is 1. The molecule has 0 spiro atoms. The fourth-order valence-corrected chi connectivity index (χ4v) is 3.01. The van der Waals surface area contributed by atoms with Gasteiger partial charge in [0.1, 0.15) is 0 Å². The van der Waals surface area contributed by atoms with Crippen LogP contribution in [0, 0.1) is 13.8 Å². The lowest BCUT2D eigenvalue weighted by atomic mass is 10.0. The zero-order chi connectivity index (χ0) is 15.5. The molecule has 0 aromatic carbocycles. The summed E-state index contributed by atoms with van der Waals surface area (Å²) in [4.78, 5) is 9.02. The van der Waals surface area contributed by atoms with Crippen LogP contribution in [0.25, 0.3) is 0 Å². The summed E-state index contributed by atoms with van der Waals surface area (Å²) < 4.78 is 10.4. The molecule has 0 aliphatic carbocycles. The number of rotatable bonds is 5. The minimum Gasteiger partial charge on any atom is -0.360 e. The molecule has 0 N–H and O–H groups in total. The van der Waals surface area contributed by atoms with Gasteiger partial charge in [0.15, 0.2) is 11.6 Å². The largest absolute Gasteiger partial charge is 0.360 e. The van der Waals surface area contributed by atoms with Gasteiger partial charge in [-0.1, -0.05) is 10.3 Å². The molecular weight excluding hydrogens is 282 g/mol. The Labute approximate surface area is 130 Å². The maximum atomic E-state index is 5.31. The molecule has 22 heavy (non-hydrogen) atoms. The van der Waals surface area contributed by atoms with E-state index >= 15 is 0 Å². The van der Waals surface area contributed by atoms with Crippen molar-refractivity contribution in [2.75, 3.05) is 20.1 Å². The molecule has 2 aromatic heterocycles. The Balaban J connectivity index is 1.55. The molecule has 0 unspecified atom stereocenters. The summed E-state index contributed by atoms with van der Waals surface area (Å²) in [5.41, 5.74) is 0.932. The fourth-order valence-electron chi connectivity index (χ4n) is 3.01. The number of aryl methyl sites for hydroxylation is 2. The summed E-state index contributed by atoms with van der Waals surface area (Å²) in [6.07, 6.45) is 2.38. The summed E-state index contributed by atoms with van der Waals surface area (Å²) in [7, 11) is 2.14. The van der Waals surface area contributed by atoms with Crippen LogP contribution in [0.5, 0.6) is 0 Å². The molecule has 7 heteroatoms. The van der Waals surface area contributed by atoms with Crippen molar-refractivity contribution in [2.24, 2.45) is 0 Å². The molecule has 3 rings (SSSR count). The minimum atomic E-state index is 0.507. The van der Waals surface area contributed by atoms with Gasteiger partial charge in [0.2, 0.25) is 5.89 Å². The molecule has 2 aromatic rings. The predicted molar refractivity (Wildman–Crippen MR) is 80.0 cm³/mol. The molecule has 1 fully saturated rings. The first-order valence-electron chi connectivity index (χ1n) is 7.74. The highest BCUT2D eigenvalue weighted by Gasteiger charge is 2.24. The second-order valence-corrected chi connectivity index (χ2v) is 6.11. The van der Waals surface area contributed by atoms with E-state index in [1.54, 1.807) is 0 Å². The van der Waals surface area contributed by atoms with E-state index in [4.69, 9.17) is 9.05 Å². The molecule has 1 atom stereocenters. The van der Waals surface area contributed by atoms with Crippen LogP contribution in [0.2, 0.25) is 0 Å². The highest BCUT2D eigenvalue weighted by atomic mass is 16.5. The molecule has 3 heterocycles. The second-order valence-electron chi connectivity index (χ2n) is 6.11. The molecule has 7 nitrogen and oxygen atoms in total. The molecular formula is C15H23N5O2. The van der Waals surface area contributed by atoms with Gasteiger partial charge in [0, 0.05) is 25.6 Å². The Morgan fingerprint density at radius 2 is 2.18 bits per heavy atom. The van der Waals surface area contributed by atoms with Gasteiger partial charge >= 0.3 is 0 Å². The third kappa shape index (κ3) is 3.72. The van der Waals surface area contributed by atoms with Gasteiger partial charge in [0.05, 0.1) is 18.8 Å². The predicted octanol–water partition coefficient (Wildman–Crippen LogP) is 1.77. The first-order chi connectivity index (χ1) is 10.6. The van der Waals surface area contributed by atoms with E-state index in [0.29, 0.717) is 11.9 Å². The van der Waals surface area contributed by atoms with E-state index < -0.39 is 0 Å². The maximum absolute atomic E-state index is 5.31. The lowest BCUT2D eigenvalue weighted by molar-refractivity contribution is 0.0984. The van der Waals surface area contributed by atoms with Crippen molar-refractivity contribution >= 4 is 0 Å². The smallest absolute Gasteiger partial charge is 0.223 e. The van der Waals surface area contributed by atoms with Crippen molar-refractivity contribution in [1.29, 1.82) is 0 Å². The highest BCUT2D eigenvalue weighted by Crippen LogP contribution is 2.18. The van der Waals surface area contributed by atoms with Crippen molar-refractivity contribution in [3.05, 3.63) is 29.2 Å². The molecule has 0 bridgehead atoms. The van der Waals surface area contributed by atoms with Gasteiger partial charge in [-0.2, -0.15) is 4.98 Å². The highest BCUT2D eigenvalue weighted by molar-refractivity contribution is 5.03. The van der Waals surface area contributed by atoms with E-state index in [2.05, 4.69) is 32.1 Å². The summed E-state index contributed by atoms with van der Waals surface area (Å²) in [6.45, 7) is 7.41.